The van der Waals surface area contributed by atoms with Gasteiger partial charge in [-0.1, -0.05) is 6.07 Å². The van der Waals surface area contributed by atoms with E-state index in [9.17, 15) is 14.7 Å². The Bertz CT molecular complexity index is 612. The molecule has 0 saturated heterocycles. The molecule has 1 aliphatic rings. The minimum absolute atomic E-state index is 0.0781. The molecule has 0 fully saturated rings. The zero-order valence-electron chi connectivity index (χ0n) is 10.9. The monoisotopic (exact) mass is 340 g/mol. The molecule has 0 radical (unpaired) electrons. The summed E-state index contributed by atoms with van der Waals surface area (Å²) in [6.45, 7) is 1.63. The number of aromatic hydroxyl groups is 1. The molecule has 1 unspecified atom stereocenters. The highest BCUT2D eigenvalue weighted by molar-refractivity contribution is 9.10. The molecule has 1 atom stereocenters. The van der Waals surface area contributed by atoms with E-state index in [4.69, 9.17) is 4.74 Å². The van der Waals surface area contributed by atoms with E-state index in [-0.39, 0.29) is 5.75 Å². The Morgan fingerprint density at radius 2 is 2.15 bits per heavy atom. The van der Waals surface area contributed by atoms with Gasteiger partial charge in [0, 0.05) is 5.70 Å². The summed E-state index contributed by atoms with van der Waals surface area (Å²) in [4.78, 5) is 23.5. The molecule has 2 amide bonds. The highest BCUT2D eigenvalue weighted by Gasteiger charge is 2.31. The smallest absolute Gasteiger partial charge is 0.337 e. The third kappa shape index (κ3) is 2.62. The van der Waals surface area contributed by atoms with Crippen molar-refractivity contribution >= 4 is 27.9 Å². The fraction of sp³-hybridized carbons (Fsp3) is 0.231. The Morgan fingerprint density at radius 3 is 2.75 bits per heavy atom. The van der Waals surface area contributed by atoms with E-state index in [0.717, 1.165) is 0 Å². The zero-order valence-corrected chi connectivity index (χ0v) is 12.4. The Hall–Kier alpha value is -2.02. The van der Waals surface area contributed by atoms with Crippen molar-refractivity contribution in [2.24, 2.45) is 0 Å². The molecular formula is C13H13BrN2O4. The number of phenols is 1. The lowest BCUT2D eigenvalue weighted by atomic mass is 9.95. The number of benzene rings is 1. The molecular weight excluding hydrogens is 328 g/mol. The summed E-state index contributed by atoms with van der Waals surface area (Å²) in [7, 11) is 1.28. The molecule has 0 saturated carbocycles. The second kappa shape index (κ2) is 5.54. The van der Waals surface area contributed by atoms with E-state index < -0.39 is 18.0 Å². The number of urea groups is 1. The molecule has 7 heteroatoms. The number of rotatable bonds is 2. The number of halogens is 1. The van der Waals surface area contributed by atoms with E-state index in [1.807, 2.05) is 0 Å². The number of carbonyl (C=O) groups excluding carboxylic acids is 2. The number of allylic oxidation sites excluding steroid dienone is 1. The van der Waals surface area contributed by atoms with Gasteiger partial charge in [-0.2, -0.15) is 0 Å². The van der Waals surface area contributed by atoms with E-state index in [1.54, 1.807) is 19.1 Å². The van der Waals surface area contributed by atoms with Crippen LogP contribution in [-0.4, -0.2) is 24.2 Å². The van der Waals surface area contributed by atoms with Crippen LogP contribution in [0.2, 0.25) is 0 Å². The lowest BCUT2D eigenvalue weighted by molar-refractivity contribution is -0.136. The molecule has 1 aliphatic heterocycles. The maximum atomic E-state index is 11.9. The topological polar surface area (TPSA) is 87.7 Å². The minimum atomic E-state index is -0.631. The van der Waals surface area contributed by atoms with Gasteiger partial charge in [0.25, 0.3) is 0 Å². The zero-order chi connectivity index (χ0) is 14.9. The predicted molar refractivity (Wildman–Crippen MR) is 74.9 cm³/mol. The first-order chi connectivity index (χ1) is 9.43. The van der Waals surface area contributed by atoms with Crippen molar-refractivity contribution in [3.63, 3.8) is 0 Å². The van der Waals surface area contributed by atoms with Crippen molar-refractivity contribution in [3.8, 4) is 5.75 Å². The van der Waals surface area contributed by atoms with Gasteiger partial charge in [0.2, 0.25) is 0 Å². The third-order valence-corrected chi connectivity index (χ3v) is 3.61. The molecule has 0 bridgehead atoms. The first-order valence-electron chi connectivity index (χ1n) is 5.79. The molecule has 0 aromatic heterocycles. The molecule has 106 valence electrons. The minimum Gasteiger partial charge on any atom is -0.507 e. The molecule has 1 aromatic carbocycles. The van der Waals surface area contributed by atoms with Crippen LogP contribution < -0.4 is 10.6 Å². The second-order valence-corrected chi connectivity index (χ2v) is 5.13. The Kier molecular flexibility index (Phi) is 3.99. The van der Waals surface area contributed by atoms with Crippen LogP contribution in [0.15, 0.2) is 33.9 Å². The number of esters is 1. The van der Waals surface area contributed by atoms with Crippen molar-refractivity contribution in [2.45, 2.75) is 13.0 Å². The van der Waals surface area contributed by atoms with E-state index >= 15 is 0 Å². The van der Waals surface area contributed by atoms with Crippen molar-refractivity contribution in [1.82, 2.24) is 10.6 Å². The molecule has 1 aromatic rings. The van der Waals surface area contributed by atoms with Gasteiger partial charge >= 0.3 is 12.0 Å². The lowest BCUT2D eigenvalue weighted by Gasteiger charge is -2.28. The van der Waals surface area contributed by atoms with Gasteiger partial charge in [-0.15, -0.1) is 0 Å². The highest BCUT2D eigenvalue weighted by Crippen LogP contribution is 2.32. The predicted octanol–water partition coefficient (Wildman–Crippen LogP) is 1.96. The summed E-state index contributed by atoms with van der Waals surface area (Å²) < 4.78 is 5.23. The number of phenolic OH excluding ortho intramolecular Hbond substituents is 1. The average molecular weight is 341 g/mol. The van der Waals surface area contributed by atoms with Gasteiger partial charge < -0.3 is 20.5 Å². The first-order valence-corrected chi connectivity index (χ1v) is 6.58. The van der Waals surface area contributed by atoms with Gasteiger partial charge in [-0.25, -0.2) is 9.59 Å². The van der Waals surface area contributed by atoms with Gasteiger partial charge in [0.1, 0.15) is 5.75 Å². The van der Waals surface area contributed by atoms with Crippen LogP contribution in [0.5, 0.6) is 5.75 Å². The molecule has 1 heterocycles. The van der Waals surface area contributed by atoms with Crippen molar-refractivity contribution in [1.29, 1.82) is 0 Å². The number of amides is 2. The summed E-state index contributed by atoms with van der Waals surface area (Å²) in [6, 6.07) is 3.73. The Balaban J connectivity index is 2.50. The normalized spacial score (nSPS) is 18.4. The number of ether oxygens (including phenoxy) is 1. The van der Waals surface area contributed by atoms with Crippen LogP contribution in [0.1, 0.15) is 18.5 Å². The average Bonchev–Trinajstić information content (AvgIpc) is 2.40. The SMILES string of the molecule is COC(=O)C1=C(C)NC(=O)NC1c1ccc(O)c(Br)c1. The van der Waals surface area contributed by atoms with Gasteiger partial charge in [0.15, 0.2) is 0 Å². The number of hydrogen-bond donors (Lipinski definition) is 3. The van der Waals surface area contributed by atoms with Crippen LogP contribution in [-0.2, 0) is 9.53 Å². The summed E-state index contributed by atoms with van der Waals surface area (Å²) >= 11 is 3.21. The number of carbonyl (C=O) groups is 2. The molecule has 2 rings (SSSR count). The highest BCUT2D eigenvalue weighted by atomic mass is 79.9. The van der Waals surface area contributed by atoms with Crippen LogP contribution in [0.25, 0.3) is 0 Å². The van der Waals surface area contributed by atoms with Gasteiger partial charge in [-0.05, 0) is 40.5 Å². The standard InChI is InChI=1S/C13H13BrN2O4/c1-6-10(12(18)20-2)11(16-13(19)15-6)7-3-4-9(17)8(14)5-7/h3-5,11,17H,1-2H3,(H2,15,16,19). The Labute approximate surface area is 123 Å². The van der Waals surface area contributed by atoms with E-state index in [1.165, 1.54) is 13.2 Å². The molecule has 0 spiro atoms. The van der Waals surface area contributed by atoms with Crippen LogP contribution >= 0.6 is 15.9 Å². The molecule has 6 nitrogen and oxygen atoms in total. The number of nitrogens with one attached hydrogen (secondary N) is 2. The fourth-order valence-corrected chi connectivity index (χ4v) is 2.42. The lowest BCUT2D eigenvalue weighted by Crippen LogP contribution is -2.45. The molecule has 20 heavy (non-hydrogen) atoms. The maximum Gasteiger partial charge on any atom is 0.337 e. The van der Waals surface area contributed by atoms with E-state index in [0.29, 0.717) is 21.3 Å². The van der Waals surface area contributed by atoms with Crippen LogP contribution in [0, 0.1) is 0 Å². The van der Waals surface area contributed by atoms with Gasteiger partial charge in [0.05, 0.1) is 23.2 Å². The van der Waals surface area contributed by atoms with Crippen LogP contribution in [0.4, 0.5) is 4.79 Å². The van der Waals surface area contributed by atoms with E-state index in [2.05, 4.69) is 26.6 Å². The summed E-state index contributed by atoms with van der Waals surface area (Å²) in [5, 5.41) is 14.7. The van der Waals surface area contributed by atoms with Gasteiger partial charge in [-0.3, -0.25) is 0 Å². The maximum absolute atomic E-state index is 11.9. The third-order valence-electron chi connectivity index (χ3n) is 2.98. The summed E-state index contributed by atoms with van der Waals surface area (Å²) in [6.07, 6.45) is 0. The first kappa shape index (κ1) is 14.4. The largest absolute Gasteiger partial charge is 0.507 e. The molecule has 3 N–H and O–H groups in total. The second-order valence-electron chi connectivity index (χ2n) is 4.27. The summed E-state index contributed by atoms with van der Waals surface area (Å²) in [5.41, 5.74) is 1.42. The van der Waals surface area contributed by atoms with Crippen molar-refractivity contribution in [3.05, 3.63) is 39.5 Å². The Morgan fingerprint density at radius 1 is 1.45 bits per heavy atom. The van der Waals surface area contributed by atoms with Crippen molar-refractivity contribution < 1.29 is 19.4 Å². The summed E-state index contributed by atoms with van der Waals surface area (Å²) in [5.74, 6) is -0.446. The van der Waals surface area contributed by atoms with Crippen molar-refractivity contribution in [2.75, 3.05) is 7.11 Å². The van der Waals surface area contributed by atoms with Crippen LogP contribution in [0.3, 0.4) is 0 Å². The molecule has 0 aliphatic carbocycles. The quantitative estimate of drug-likeness (QED) is 0.718. The number of hydrogen-bond acceptors (Lipinski definition) is 4. The number of methoxy groups -OCH3 is 1. The fourth-order valence-electron chi connectivity index (χ4n) is 2.03.